The molecular weight excluding hydrogens is 304 g/mol. The Balaban J connectivity index is 1.67. The summed E-state index contributed by atoms with van der Waals surface area (Å²) in [6, 6.07) is 2.06. The van der Waals surface area contributed by atoms with E-state index in [4.69, 9.17) is 0 Å². The quantitative estimate of drug-likeness (QED) is 0.808. The highest BCUT2D eigenvalue weighted by molar-refractivity contribution is 5.80. The van der Waals surface area contributed by atoms with Gasteiger partial charge in [0.2, 0.25) is 11.8 Å². The first-order valence-corrected chi connectivity index (χ1v) is 8.96. The van der Waals surface area contributed by atoms with Crippen molar-refractivity contribution in [1.82, 2.24) is 20.0 Å². The van der Waals surface area contributed by atoms with Gasteiger partial charge in [-0.3, -0.25) is 14.3 Å². The van der Waals surface area contributed by atoms with E-state index in [1.807, 2.05) is 37.3 Å². The number of hydrogen-bond donors (Lipinski definition) is 1. The lowest BCUT2D eigenvalue weighted by molar-refractivity contribution is -0.138. The number of nitrogens with one attached hydrogen (secondary N) is 1. The fourth-order valence-electron chi connectivity index (χ4n) is 3.21. The van der Waals surface area contributed by atoms with E-state index in [2.05, 4.69) is 16.5 Å². The molecule has 0 unspecified atom stereocenters. The van der Waals surface area contributed by atoms with Gasteiger partial charge in [-0.25, -0.2) is 0 Å². The summed E-state index contributed by atoms with van der Waals surface area (Å²) in [5.41, 5.74) is 2.18. The van der Waals surface area contributed by atoms with Crippen LogP contribution in [0.2, 0.25) is 0 Å². The number of aryl methyl sites for hydroxylation is 3. The predicted octanol–water partition coefficient (Wildman–Crippen LogP) is 1.90. The van der Waals surface area contributed by atoms with Crippen LogP contribution >= 0.6 is 0 Å². The zero-order valence-corrected chi connectivity index (χ0v) is 15.3. The molecule has 1 fully saturated rings. The molecule has 1 aromatic rings. The molecule has 0 spiro atoms. The lowest BCUT2D eigenvalue weighted by Crippen LogP contribution is -2.44. The van der Waals surface area contributed by atoms with Gasteiger partial charge in [-0.15, -0.1) is 0 Å². The molecule has 1 N–H and O–H groups in total. The van der Waals surface area contributed by atoms with Gasteiger partial charge in [-0.2, -0.15) is 5.10 Å². The Bertz CT molecular complexity index is 572. The van der Waals surface area contributed by atoms with Crippen molar-refractivity contribution in [3.8, 4) is 0 Å². The molecule has 1 aromatic heterocycles. The lowest BCUT2D eigenvalue weighted by atomic mass is 9.95. The number of aromatic nitrogens is 2. The van der Waals surface area contributed by atoms with Gasteiger partial charge in [0.25, 0.3) is 0 Å². The standard InChI is InChI=1S/C18H30N4O2/c1-13(2)18(24)21-10-6-16(7-11-21)17(23)19-8-5-9-22-15(4)12-14(3)20-22/h12-13,16H,5-11H2,1-4H3,(H,19,23). The van der Waals surface area contributed by atoms with E-state index in [1.54, 1.807) is 0 Å². The summed E-state index contributed by atoms with van der Waals surface area (Å²) in [4.78, 5) is 26.1. The molecule has 0 aromatic carbocycles. The van der Waals surface area contributed by atoms with Gasteiger partial charge in [-0.05, 0) is 39.2 Å². The third-order valence-corrected chi connectivity index (χ3v) is 4.62. The molecule has 0 bridgehead atoms. The van der Waals surface area contributed by atoms with E-state index >= 15 is 0 Å². The first-order valence-electron chi connectivity index (χ1n) is 8.96. The van der Waals surface area contributed by atoms with Gasteiger partial charge in [0, 0.05) is 43.7 Å². The van der Waals surface area contributed by atoms with Crippen LogP contribution in [-0.2, 0) is 16.1 Å². The number of carbonyl (C=O) groups is 2. The highest BCUT2D eigenvalue weighted by Gasteiger charge is 2.27. The molecule has 2 heterocycles. The van der Waals surface area contributed by atoms with Crippen molar-refractivity contribution in [2.24, 2.45) is 11.8 Å². The maximum absolute atomic E-state index is 12.3. The van der Waals surface area contributed by atoms with Crippen LogP contribution in [0, 0.1) is 25.7 Å². The number of amides is 2. The van der Waals surface area contributed by atoms with Crippen molar-refractivity contribution in [3.63, 3.8) is 0 Å². The van der Waals surface area contributed by atoms with Crippen LogP contribution in [0.3, 0.4) is 0 Å². The minimum Gasteiger partial charge on any atom is -0.356 e. The van der Waals surface area contributed by atoms with Gasteiger partial charge in [0.1, 0.15) is 0 Å². The maximum Gasteiger partial charge on any atom is 0.225 e. The molecule has 2 rings (SSSR count). The summed E-state index contributed by atoms with van der Waals surface area (Å²) in [6.45, 7) is 10.8. The summed E-state index contributed by atoms with van der Waals surface area (Å²) in [6.07, 6.45) is 2.40. The number of rotatable bonds is 6. The van der Waals surface area contributed by atoms with E-state index in [9.17, 15) is 9.59 Å². The molecule has 0 aliphatic carbocycles. The number of nitrogens with zero attached hydrogens (tertiary/aromatic N) is 3. The molecule has 0 saturated carbocycles. The van der Waals surface area contributed by atoms with Gasteiger partial charge >= 0.3 is 0 Å². The highest BCUT2D eigenvalue weighted by atomic mass is 16.2. The minimum atomic E-state index is 0.0322. The normalized spacial score (nSPS) is 15.8. The zero-order valence-electron chi connectivity index (χ0n) is 15.3. The average molecular weight is 334 g/mol. The first kappa shape index (κ1) is 18.5. The topological polar surface area (TPSA) is 67.2 Å². The fourth-order valence-corrected chi connectivity index (χ4v) is 3.21. The van der Waals surface area contributed by atoms with E-state index in [0.717, 1.165) is 37.2 Å². The van der Waals surface area contributed by atoms with Crippen LogP contribution in [-0.4, -0.2) is 46.1 Å². The molecule has 0 radical (unpaired) electrons. The van der Waals surface area contributed by atoms with Gasteiger partial charge in [-0.1, -0.05) is 13.8 Å². The highest BCUT2D eigenvalue weighted by Crippen LogP contribution is 2.19. The summed E-state index contributed by atoms with van der Waals surface area (Å²) in [7, 11) is 0. The predicted molar refractivity (Wildman–Crippen MR) is 93.5 cm³/mol. The largest absolute Gasteiger partial charge is 0.356 e. The molecule has 0 atom stereocenters. The second kappa shape index (κ2) is 8.31. The Morgan fingerprint density at radius 2 is 1.96 bits per heavy atom. The SMILES string of the molecule is Cc1cc(C)n(CCCNC(=O)C2CCN(C(=O)C(C)C)CC2)n1. The smallest absolute Gasteiger partial charge is 0.225 e. The van der Waals surface area contributed by atoms with Crippen LogP contribution in [0.5, 0.6) is 0 Å². The van der Waals surface area contributed by atoms with Gasteiger partial charge in [0.15, 0.2) is 0 Å². The van der Waals surface area contributed by atoms with Crippen LogP contribution in [0.1, 0.15) is 44.5 Å². The first-order chi connectivity index (χ1) is 11.4. The van der Waals surface area contributed by atoms with Crippen molar-refractivity contribution >= 4 is 11.8 Å². The Labute approximate surface area is 144 Å². The van der Waals surface area contributed by atoms with E-state index in [0.29, 0.717) is 19.6 Å². The van der Waals surface area contributed by atoms with Crippen molar-refractivity contribution < 1.29 is 9.59 Å². The van der Waals surface area contributed by atoms with Crippen LogP contribution in [0.25, 0.3) is 0 Å². The van der Waals surface area contributed by atoms with Crippen molar-refractivity contribution in [1.29, 1.82) is 0 Å². The Kier molecular flexibility index (Phi) is 6.40. The van der Waals surface area contributed by atoms with Gasteiger partial charge in [0.05, 0.1) is 5.69 Å². The number of carbonyl (C=O) groups excluding carboxylic acids is 2. The molecule has 6 nitrogen and oxygen atoms in total. The third kappa shape index (κ3) is 4.82. The van der Waals surface area contributed by atoms with E-state index in [-0.39, 0.29) is 23.7 Å². The fraction of sp³-hybridized carbons (Fsp3) is 0.722. The minimum absolute atomic E-state index is 0.0322. The van der Waals surface area contributed by atoms with Crippen LogP contribution in [0.4, 0.5) is 0 Å². The molecule has 1 saturated heterocycles. The summed E-state index contributed by atoms with van der Waals surface area (Å²) < 4.78 is 1.98. The van der Waals surface area contributed by atoms with Crippen molar-refractivity contribution in [3.05, 3.63) is 17.5 Å². The van der Waals surface area contributed by atoms with Crippen LogP contribution in [0.15, 0.2) is 6.07 Å². The number of piperidine rings is 1. The molecule has 1 aliphatic rings. The number of likely N-dealkylation sites (tertiary alicyclic amines) is 1. The molecule has 6 heteroatoms. The molecular formula is C18H30N4O2. The Morgan fingerprint density at radius 3 is 2.50 bits per heavy atom. The Morgan fingerprint density at radius 1 is 1.29 bits per heavy atom. The van der Waals surface area contributed by atoms with Crippen molar-refractivity contribution in [2.75, 3.05) is 19.6 Å². The zero-order chi connectivity index (χ0) is 17.7. The monoisotopic (exact) mass is 334 g/mol. The van der Waals surface area contributed by atoms with E-state index in [1.165, 1.54) is 0 Å². The molecule has 1 aliphatic heterocycles. The third-order valence-electron chi connectivity index (χ3n) is 4.62. The maximum atomic E-state index is 12.3. The van der Waals surface area contributed by atoms with Crippen LogP contribution < -0.4 is 5.32 Å². The molecule has 2 amide bonds. The summed E-state index contributed by atoms with van der Waals surface area (Å²) in [5.74, 6) is 0.387. The average Bonchev–Trinajstić information content (AvgIpc) is 2.88. The van der Waals surface area contributed by atoms with Gasteiger partial charge < -0.3 is 10.2 Å². The van der Waals surface area contributed by atoms with Crippen molar-refractivity contribution in [2.45, 2.75) is 53.5 Å². The second-order valence-corrected chi connectivity index (χ2v) is 7.05. The lowest BCUT2D eigenvalue weighted by Gasteiger charge is -2.32. The molecule has 134 valence electrons. The number of hydrogen-bond acceptors (Lipinski definition) is 3. The summed E-state index contributed by atoms with van der Waals surface area (Å²) in [5, 5.41) is 7.45. The second-order valence-electron chi connectivity index (χ2n) is 7.05. The Hall–Kier alpha value is -1.85. The molecule has 24 heavy (non-hydrogen) atoms. The van der Waals surface area contributed by atoms with E-state index < -0.39 is 0 Å². The summed E-state index contributed by atoms with van der Waals surface area (Å²) >= 11 is 0.